The van der Waals surface area contributed by atoms with Gasteiger partial charge in [-0.25, -0.2) is 0 Å². The molecule has 2 aliphatic heterocycles. The van der Waals surface area contributed by atoms with E-state index in [1.807, 2.05) is 11.3 Å². The van der Waals surface area contributed by atoms with Gasteiger partial charge in [0.2, 0.25) is 0 Å². The van der Waals surface area contributed by atoms with E-state index < -0.39 is 0 Å². The molecule has 2 fully saturated rings. The highest BCUT2D eigenvalue weighted by atomic mass is 32.1. The summed E-state index contributed by atoms with van der Waals surface area (Å²) >= 11 is 1.82. The molecule has 2 aliphatic rings. The van der Waals surface area contributed by atoms with Gasteiger partial charge in [-0.3, -0.25) is 9.69 Å². The summed E-state index contributed by atoms with van der Waals surface area (Å²) in [5.41, 5.74) is 0. The Morgan fingerprint density at radius 1 is 1.45 bits per heavy atom. The van der Waals surface area contributed by atoms with Gasteiger partial charge >= 0.3 is 0 Å². The van der Waals surface area contributed by atoms with Crippen LogP contribution in [0.2, 0.25) is 0 Å². The monoisotopic (exact) mass is 294 g/mol. The molecule has 3 heterocycles. The summed E-state index contributed by atoms with van der Waals surface area (Å²) < 4.78 is 6.05. The van der Waals surface area contributed by atoms with Gasteiger partial charge in [0.15, 0.2) is 0 Å². The summed E-state index contributed by atoms with van der Waals surface area (Å²) in [5, 5.41) is 2.13. The second kappa shape index (κ2) is 5.84. The van der Waals surface area contributed by atoms with Gasteiger partial charge in [-0.15, -0.1) is 11.3 Å². The van der Waals surface area contributed by atoms with Crippen LogP contribution in [0.1, 0.15) is 24.1 Å². The Bertz CT molecular complexity index is 460. The number of carbonyl (C=O) groups is 1. The van der Waals surface area contributed by atoms with E-state index in [2.05, 4.69) is 22.4 Å². The van der Waals surface area contributed by atoms with E-state index in [-0.39, 0.29) is 18.1 Å². The van der Waals surface area contributed by atoms with Crippen LogP contribution in [0.4, 0.5) is 0 Å². The Morgan fingerprint density at radius 2 is 2.30 bits per heavy atom. The summed E-state index contributed by atoms with van der Waals surface area (Å²) in [6.07, 6.45) is 2.97. The standard InChI is InChI=1S/C15H22N2O2S/c1-16(2)15(18)14-6-5-12-13(19-14)7-8-17(12)10-11-4-3-9-20-11/h3-4,9,12-14H,5-8,10H2,1-2H3/t12-,13-,14+/m1/s1. The molecule has 3 atom stereocenters. The summed E-state index contributed by atoms with van der Waals surface area (Å²) in [7, 11) is 3.60. The van der Waals surface area contributed by atoms with Crippen LogP contribution in [0, 0.1) is 0 Å². The van der Waals surface area contributed by atoms with Gasteiger partial charge in [-0.05, 0) is 30.7 Å². The van der Waals surface area contributed by atoms with E-state index >= 15 is 0 Å². The average Bonchev–Trinajstić information content (AvgIpc) is 3.08. The summed E-state index contributed by atoms with van der Waals surface area (Å²) in [5.74, 6) is 0.111. The molecule has 110 valence electrons. The molecule has 0 aromatic carbocycles. The number of hydrogen-bond donors (Lipinski definition) is 0. The fourth-order valence-corrected chi connectivity index (χ4v) is 4.01. The molecule has 0 bridgehead atoms. The number of ether oxygens (including phenoxy) is 1. The van der Waals surface area contributed by atoms with Crippen LogP contribution in [0.5, 0.6) is 0 Å². The van der Waals surface area contributed by atoms with Gasteiger partial charge < -0.3 is 9.64 Å². The zero-order valence-corrected chi connectivity index (χ0v) is 12.9. The van der Waals surface area contributed by atoms with Gasteiger partial charge in [0, 0.05) is 38.1 Å². The van der Waals surface area contributed by atoms with Gasteiger partial charge in [0.1, 0.15) is 6.10 Å². The number of nitrogens with zero attached hydrogens (tertiary/aromatic N) is 2. The van der Waals surface area contributed by atoms with Gasteiger partial charge in [-0.1, -0.05) is 6.07 Å². The number of rotatable bonds is 3. The first kappa shape index (κ1) is 14.0. The van der Waals surface area contributed by atoms with Crippen LogP contribution < -0.4 is 0 Å². The number of likely N-dealkylation sites (N-methyl/N-ethyl adjacent to an activating group) is 1. The van der Waals surface area contributed by atoms with Crippen molar-refractivity contribution in [3.8, 4) is 0 Å². The fraction of sp³-hybridized carbons (Fsp3) is 0.667. The third-order valence-electron chi connectivity index (χ3n) is 4.32. The molecule has 0 radical (unpaired) electrons. The highest BCUT2D eigenvalue weighted by Crippen LogP contribution is 2.33. The average molecular weight is 294 g/mol. The summed E-state index contributed by atoms with van der Waals surface area (Å²) in [6, 6.07) is 4.79. The molecular formula is C15H22N2O2S. The number of amides is 1. The van der Waals surface area contributed by atoms with Crippen LogP contribution in [0.15, 0.2) is 17.5 Å². The van der Waals surface area contributed by atoms with Crippen molar-refractivity contribution in [3.05, 3.63) is 22.4 Å². The predicted octanol–water partition coefficient (Wildman–Crippen LogP) is 1.96. The minimum Gasteiger partial charge on any atom is -0.363 e. The second-order valence-corrected chi connectivity index (χ2v) is 6.91. The maximum absolute atomic E-state index is 12.0. The lowest BCUT2D eigenvalue weighted by Crippen LogP contribution is -2.47. The fourth-order valence-electron chi connectivity index (χ4n) is 3.28. The lowest BCUT2D eigenvalue weighted by Gasteiger charge is -2.36. The minimum atomic E-state index is -0.229. The quantitative estimate of drug-likeness (QED) is 0.854. The van der Waals surface area contributed by atoms with E-state index in [1.165, 1.54) is 4.88 Å². The van der Waals surface area contributed by atoms with E-state index in [0.717, 1.165) is 32.4 Å². The van der Waals surface area contributed by atoms with E-state index in [4.69, 9.17) is 4.74 Å². The SMILES string of the molecule is CN(C)C(=O)[C@@H]1CC[C@@H]2[C@@H](CCN2Cc2cccs2)O1. The number of fused-ring (bicyclic) bond motifs is 1. The largest absolute Gasteiger partial charge is 0.363 e. The Hall–Kier alpha value is -0.910. The van der Waals surface area contributed by atoms with Crippen molar-refractivity contribution in [2.24, 2.45) is 0 Å². The highest BCUT2D eigenvalue weighted by Gasteiger charge is 2.41. The van der Waals surface area contributed by atoms with Gasteiger partial charge in [-0.2, -0.15) is 0 Å². The number of hydrogen-bond acceptors (Lipinski definition) is 4. The smallest absolute Gasteiger partial charge is 0.251 e. The van der Waals surface area contributed by atoms with Crippen LogP contribution in [-0.2, 0) is 16.1 Å². The molecule has 0 N–H and O–H groups in total. The molecule has 0 saturated carbocycles. The molecule has 20 heavy (non-hydrogen) atoms. The van der Waals surface area contributed by atoms with Crippen LogP contribution in [0.25, 0.3) is 0 Å². The lowest BCUT2D eigenvalue weighted by atomic mass is 9.98. The number of carbonyl (C=O) groups excluding carboxylic acids is 1. The number of thiophene rings is 1. The molecule has 1 aromatic heterocycles. The molecular weight excluding hydrogens is 272 g/mol. The Balaban J connectivity index is 1.60. The van der Waals surface area contributed by atoms with Gasteiger partial charge in [0.25, 0.3) is 5.91 Å². The molecule has 0 spiro atoms. The zero-order valence-electron chi connectivity index (χ0n) is 12.1. The molecule has 0 aliphatic carbocycles. The molecule has 0 unspecified atom stereocenters. The zero-order chi connectivity index (χ0) is 14.1. The highest BCUT2D eigenvalue weighted by molar-refractivity contribution is 7.09. The number of likely N-dealkylation sites (tertiary alicyclic amines) is 1. The first-order chi connectivity index (χ1) is 9.65. The topological polar surface area (TPSA) is 32.8 Å². The second-order valence-electron chi connectivity index (χ2n) is 5.88. The predicted molar refractivity (Wildman–Crippen MR) is 79.7 cm³/mol. The first-order valence-corrected chi connectivity index (χ1v) is 8.16. The van der Waals surface area contributed by atoms with Crippen molar-refractivity contribution in [3.63, 3.8) is 0 Å². The third-order valence-corrected chi connectivity index (χ3v) is 5.18. The molecule has 2 saturated heterocycles. The molecule has 1 amide bonds. The summed E-state index contributed by atoms with van der Waals surface area (Å²) in [6.45, 7) is 2.10. The van der Waals surface area contributed by atoms with Crippen LogP contribution in [-0.4, -0.2) is 54.6 Å². The maximum atomic E-state index is 12.0. The van der Waals surface area contributed by atoms with Crippen molar-refractivity contribution >= 4 is 17.2 Å². The van der Waals surface area contributed by atoms with Crippen molar-refractivity contribution in [2.45, 2.75) is 44.1 Å². The summed E-state index contributed by atoms with van der Waals surface area (Å²) in [4.78, 5) is 17.6. The Morgan fingerprint density at radius 3 is 3.00 bits per heavy atom. The molecule has 1 aromatic rings. The van der Waals surface area contributed by atoms with Crippen molar-refractivity contribution in [1.29, 1.82) is 0 Å². The molecule has 5 heteroatoms. The van der Waals surface area contributed by atoms with Gasteiger partial charge in [0.05, 0.1) is 6.10 Å². The molecule has 4 nitrogen and oxygen atoms in total. The third kappa shape index (κ3) is 2.75. The van der Waals surface area contributed by atoms with Crippen molar-refractivity contribution in [1.82, 2.24) is 9.80 Å². The van der Waals surface area contributed by atoms with Crippen molar-refractivity contribution in [2.75, 3.05) is 20.6 Å². The van der Waals surface area contributed by atoms with Crippen molar-refractivity contribution < 1.29 is 9.53 Å². The Kier molecular flexibility index (Phi) is 4.10. The Labute approximate surface area is 124 Å². The van der Waals surface area contributed by atoms with E-state index in [1.54, 1.807) is 19.0 Å². The normalized spacial score (nSPS) is 30.2. The van der Waals surface area contributed by atoms with Crippen LogP contribution >= 0.6 is 11.3 Å². The first-order valence-electron chi connectivity index (χ1n) is 7.28. The maximum Gasteiger partial charge on any atom is 0.251 e. The van der Waals surface area contributed by atoms with Crippen LogP contribution in [0.3, 0.4) is 0 Å². The van der Waals surface area contributed by atoms with E-state index in [9.17, 15) is 4.79 Å². The molecule has 3 rings (SSSR count). The lowest BCUT2D eigenvalue weighted by molar-refractivity contribution is -0.152. The van der Waals surface area contributed by atoms with E-state index in [0.29, 0.717) is 6.04 Å². The minimum absolute atomic E-state index is 0.111.